The Kier molecular flexibility index (Phi) is 8.43. The first-order chi connectivity index (χ1) is 14.9. The third-order valence-electron chi connectivity index (χ3n) is 5.44. The summed E-state index contributed by atoms with van der Waals surface area (Å²) in [5.74, 6) is 0.564. The molecule has 7 heteroatoms. The smallest absolute Gasteiger partial charge is 0.264 e. The van der Waals surface area contributed by atoms with Crippen molar-refractivity contribution in [3.05, 3.63) is 59.7 Å². The number of aryl methyl sites for hydroxylation is 2. The summed E-state index contributed by atoms with van der Waals surface area (Å²) < 4.78 is 28.0. The van der Waals surface area contributed by atoms with Crippen LogP contribution in [0.15, 0.2) is 53.4 Å². The molecule has 1 amide bonds. The molecule has 1 saturated carbocycles. The Balaban J connectivity index is 1.70. The monoisotopic (exact) mass is 460 g/mol. The first kappa shape index (κ1) is 23.7. The lowest BCUT2D eigenvalue weighted by molar-refractivity contribution is -0.119. The summed E-state index contributed by atoms with van der Waals surface area (Å²) in [6, 6.07) is 13.9. The lowest BCUT2D eigenvalue weighted by Gasteiger charge is -2.25. The van der Waals surface area contributed by atoms with Crippen molar-refractivity contribution in [2.24, 2.45) is 0 Å². The van der Waals surface area contributed by atoms with Crippen molar-refractivity contribution in [3.8, 4) is 0 Å². The van der Waals surface area contributed by atoms with Gasteiger partial charge in [0, 0.05) is 17.5 Å². The second kappa shape index (κ2) is 11.0. The van der Waals surface area contributed by atoms with Crippen molar-refractivity contribution in [1.29, 1.82) is 0 Å². The molecule has 2 aromatic rings. The molecule has 1 fully saturated rings. The van der Waals surface area contributed by atoms with E-state index in [0.29, 0.717) is 17.5 Å². The Labute approximate surface area is 190 Å². The molecule has 0 bridgehead atoms. The Hall–Kier alpha value is -1.99. The molecule has 31 heavy (non-hydrogen) atoms. The van der Waals surface area contributed by atoms with E-state index < -0.39 is 10.0 Å². The number of nitrogens with zero attached hydrogens (tertiary/aromatic N) is 1. The van der Waals surface area contributed by atoms with Crippen LogP contribution >= 0.6 is 11.8 Å². The van der Waals surface area contributed by atoms with Crippen molar-refractivity contribution in [2.75, 3.05) is 23.1 Å². The Morgan fingerprint density at radius 3 is 2.32 bits per heavy atom. The minimum atomic E-state index is -3.86. The van der Waals surface area contributed by atoms with E-state index in [0.717, 1.165) is 16.9 Å². The molecule has 5 nitrogen and oxygen atoms in total. The molecule has 0 radical (unpaired) electrons. The van der Waals surface area contributed by atoms with Crippen molar-refractivity contribution >= 4 is 33.4 Å². The number of rotatable bonds is 9. The van der Waals surface area contributed by atoms with Gasteiger partial charge in [-0.2, -0.15) is 11.8 Å². The maximum absolute atomic E-state index is 13.4. The topological polar surface area (TPSA) is 66.5 Å². The maximum atomic E-state index is 13.4. The molecule has 3 rings (SSSR count). The highest BCUT2D eigenvalue weighted by Crippen LogP contribution is 2.28. The van der Waals surface area contributed by atoms with E-state index in [2.05, 4.69) is 5.32 Å². The average Bonchev–Trinajstić information content (AvgIpc) is 2.75. The molecular formula is C24H32N2O3S2. The zero-order chi connectivity index (χ0) is 22.3. The number of anilines is 1. The number of hydrogen-bond donors (Lipinski definition) is 1. The number of hydrogen-bond acceptors (Lipinski definition) is 4. The van der Waals surface area contributed by atoms with Crippen LogP contribution in [-0.4, -0.2) is 38.4 Å². The third-order valence-corrected chi connectivity index (χ3v) is 8.61. The zero-order valence-corrected chi connectivity index (χ0v) is 20.0. The summed E-state index contributed by atoms with van der Waals surface area (Å²) in [5, 5.41) is 3.60. The molecule has 0 aliphatic heterocycles. The molecule has 0 heterocycles. The fraction of sp³-hybridized carbons (Fsp3) is 0.458. The first-order valence-corrected chi connectivity index (χ1v) is 13.4. The predicted octanol–water partition coefficient (Wildman–Crippen LogP) is 4.68. The van der Waals surface area contributed by atoms with Crippen molar-refractivity contribution in [3.63, 3.8) is 0 Å². The molecule has 2 aromatic carbocycles. The van der Waals surface area contributed by atoms with Crippen LogP contribution in [-0.2, 0) is 14.8 Å². The van der Waals surface area contributed by atoms with Crippen LogP contribution in [0.4, 0.5) is 5.69 Å². The summed E-state index contributed by atoms with van der Waals surface area (Å²) in [5.41, 5.74) is 2.41. The quantitative estimate of drug-likeness (QED) is 0.552. The molecule has 0 atom stereocenters. The molecule has 1 aliphatic carbocycles. The Morgan fingerprint density at radius 1 is 1.03 bits per heavy atom. The van der Waals surface area contributed by atoms with Gasteiger partial charge in [-0.3, -0.25) is 9.10 Å². The second-order valence-corrected chi connectivity index (χ2v) is 11.4. The molecule has 0 spiro atoms. The van der Waals surface area contributed by atoms with Gasteiger partial charge < -0.3 is 5.32 Å². The van der Waals surface area contributed by atoms with Crippen LogP contribution in [0.1, 0.15) is 43.2 Å². The van der Waals surface area contributed by atoms with E-state index in [1.807, 2.05) is 31.7 Å². The summed E-state index contributed by atoms with van der Waals surface area (Å²) in [6.07, 6.45) is 6.44. The highest BCUT2D eigenvalue weighted by atomic mass is 32.2. The normalized spacial score (nSPS) is 14.9. The van der Waals surface area contributed by atoms with Crippen LogP contribution in [0.25, 0.3) is 0 Å². The molecule has 0 aromatic heterocycles. The number of sulfonamides is 1. The maximum Gasteiger partial charge on any atom is 0.264 e. The summed E-state index contributed by atoms with van der Waals surface area (Å²) in [7, 11) is -3.86. The average molecular weight is 461 g/mol. The van der Waals surface area contributed by atoms with Crippen molar-refractivity contribution < 1.29 is 13.2 Å². The van der Waals surface area contributed by atoms with Crippen molar-refractivity contribution in [1.82, 2.24) is 5.32 Å². The first-order valence-electron chi connectivity index (χ1n) is 10.9. The minimum Gasteiger partial charge on any atom is -0.354 e. The zero-order valence-electron chi connectivity index (χ0n) is 18.3. The number of thioether (sulfide) groups is 1. The van der Waals surface area contributed by atoms with Crippen molar-refractivity contribution in [2.45, 2.75) is 56.1 Å². The minimum absolute atomic E-state index is 0.176. The third kappa shape index (κ3) is 6.74. The fourth-order valence-electron chi connectivity index (χ4n) is 3.96. The summed E-state index contributed by atoms with van der Waals surface area (Å²) in [4.78, 5) is 12.9. The summed E-state index contributed by atoms with van der Waals surface area (Å²) in [6.45, 7) is 4.15. The van der Waals surface area contributed by atoms with E-state index in [-0.39, 0.29) is 17.3 Å². The summed E-state index contributed by atoms with van der Waals surface area (Å²) >= 11 is 1.91. The van der Waals surface area contributed by atoms with Gasteiger partial charge in [0.05, 0.1) is 10.6 Å². The van der Waals surface area contributed by atoms with Gasteiger partial charge in [0.15, 0.2) is 0 Å². The van der Waals surface area contributed by atoms with Gasteiger partial charge >= 0.3 is 0 Å². The number of carbonyl (C=O) groups excluding carboxylic acids is 1. The van der Waals surface area contributed by atoms with E-state index in [9.17, 15) is 13.2 Å². The molecule has 1 N–H and O–H groups in total. The lowest BCUT2D eigenvalue weighted by Crippen LogP contribution is -2.41. The second-order valence-electron chi connectivity index (χ2n) is 8.15. The predicted molar refractivity (Wildman–Crippen MR) is 129 cm³/mol. The van der Waals surface area contributed by atoms with Crippen LogP contribution < -0.4 is 9.62 Å². The van der Waals surface area contributed by atoms with Gasteiger partial charge in [-0.15, -0.1) is 0 Å². The number of amides is 1. The molecular weight excluding hydrogens is 428 g/mol. The Bertz CT molecular complexity index is 951. The Morgan fingerprint density at radius 2 is 1.68 bits per heavy atom. The number of carbonyl (C=O) groups is 1. The van der Waals surface area contributed by atoms with E-state index in [1.165, 1.54) is 36.4 Å². The lowest BCUT2D eigenvalue weighted by atomic mass is 10.0. The molecule has 0 saturated heterocycles. The van der Waals surface area contributed by atoms with Gasteiger partial charge in [0.1, 0.15) is 6.54 Å². The van der Waals surface area contributed by atoms with E-state index in [4.69, 9.17) is 0 Å². The van der Waals surface area contributed by atoms with Gasteiger partial charge in [0.2, 0.25) is 5.91 Å². The molecule has 1 aliphatic rings. The highest BCUT2D eigenvalue weighted by molar-refractivity contribution is 7.99. The number of nitrogens with one attached hydrogen (secondary N) is 1. The van der Waals surface area contributed by atoms with Crippen LogP contribution in [0.5, 0.6) is 0 Å². The van der Waals surface area contributed by atoms with Gasteiger partial charge in [0.25, 0.3) is 10.0 Å². The van der Waals surface area contributed by atoms with E-state index in [1.54, 1.807) is 42.5 Å². The van der Waals surface area contributed by atoms with Crippen LogP contribution in [0.2, 0.25) is 0 Å². The largest absolute Gasteiger partial charge is 0.354 e. The SMILES string of the molecule is Cc1cc(C)cc(N(CC(=O)NCCSC2CCCCC2)S(=O)(=O)c2ccccc2)c1. The standard InChI is InChI=1S/C24H32N2O3S2/c1-19-15-20(2)17-21(16-19)26(31(28,29)23-11-7-4-8-12-23)18-24(27)25-13-14-30-22-9-5-3-6-10-22/h4,7-8,11-12,15-17,22H,3,5-6,9-10,13-14,18H2,1-2H3,(H,25,27). The fourth-order valence-corrected chi connectivity index (χ4v) is 6.61. The molecule has 0 unspecified atom stereocenters. The van der Waals surface area contributed by atoms with Crippen LogP contribution in [0.3, 0.4) is 0 Å². The molecule has 168 valence electrons. The highest BCUT2D eigenvalue weighted by Gasteiger charge is 2.27. The van der Waals surface area contributed by atoms with Crippen LogP contribution in [0, 0.1) is 13.8 Å². The van der Waals surface area contributed by atoms with Gasteiger partial charge in [-0.05, 0) is 62.1 Å². The van der Waals surface area contributed by atoms with Gasteiger partial charge in [-0.25, -0.2) is 8.42 Å². The van der Waals surface area contributed by atoms with E-state index >= 15 is 0 Å². The van der Waals surface area contributed by atoms with Gasteiger partial charge in [-0.1, -0.05) is 43.5 Å². The number of benzene rings is 2.